The van der Waals surface area contributed by atoms with Gasteiger partial charge in [0.25, 0.3) is 10.0 Å². The van der Waals surface area contributed by atoms with E-state index < -0.39 is 10.0 Å². The first-order valence-electron chi connectivity index (χ1n) is 4.58. The van der Waals surface area contributed by atoms with Crippen LogP contribution >= 0.6 is 23.5 Å². The molecule has 17 heavy (non-hydrogen) atoms. The second-order valence-corrected chi connectivity index (χ2v) is 7.01. The Kier molecular flexibility index (Phi) is 3.25. The maximum atomic E-state index is 12.0. The maximum absolute atomic E-state index is 12.0. The van der Waals surface area contributed by atoms with Gasteiger partial charge in [0, 0.05) is 7.05 Å². The quantitative estimate of drug-likeness (QED) is 0.727. The Labute approximate surface area is 108 Å². The van der Waals surface area contributed by atoms with Gasteiger partial charge in [0.05, 0.1) is 11.4 Å². The number of rotatable bonds is 1. The second-order valence-electron chi connectivity index (χ2n) is 3.27. The van der Waals surface area contributed by atoms with Crippen LogP contribution in [-0.4, -0.2) is 28.3 Å². The molecular weight excluding hydrogens is 278 g/mol. The molecule has 0 aromatic carbocycles. The van der Waals surface area contributed by atoms with E-state index in [-0.39, 0.29) is 4.90 Å². The van der Waals surface area contributed by atoms with Crippen molar-refractivity contribution in [3.8, 4) is 12.3 Å². The maximum Gasteiger partial charge on any atom is 0.288 e. The molecule has 1 aliphatic rings. The van der Waals surface area contributed by atoms with Gasteiger partial charge in [-0.05, 0) is 18.7 Å². The molecular formula is C9H9N3O2S3. The minimum absolute atomic E-state index is 0.204. The van der Waals surface area contributed by atoms with E-state index in [2.05, 4.69) is 15.4 Å². The minimum atomic E-state index is -3.64. The molecule has 5 nitrogen and oxygen atoms in total. The van der Waals surface area contributed by atoms with Crippen molar-refractivity contribution in [1.82, 2.24) is 9.78 Å². The van der Waals surface area contributed by atoms with Crippen LogP contribution in [0, 0.1) is 19.3 Å². The summed E-state index contributed by atoms with van der Waals surface area (Å²) in [6.45, 7) is 1.66. The summed E-state index contributed by atoms with van der Waals surface area (Å²) in [5.41, 5.74) is 0.472. The summed E-state index contributed by atoms with van der Waals surface area (Å²) in [5, 5.41) is 4.69. The lowest BCUT2D eigenvalue weighted by Crippen LogP contribution is -2.09. The smallest absolute Gasteiger partial charge is 0.260 e. The molecule has 0 saturated carbocycles. The van der Waals surface area contributed by atoms with Gasteiger partial charge >= 0.3 is 0 Å². The summed E-state index contributed by atoms with van der Waals surface area (Å²) in [6.07, 6.45) is 5.14. The highest BCUT2D eigenvalue weighted by atomic mass is 32.2. The van der Waals surface area contributed by atoms with Crippen LogP contribution < -0.4 is 0 Å². The Morgan fingerprint density at radius 2 is 2.29 bits per heavy atom. The summed E-state index contributed by atoms with van der Waals surface area (Å²) in [7, 11) is -1.93. The Bertz CT molecular complexity index is 637. The Morgan fingerprint density at radius 3 is 2.94 bits per heavy atom. The van der Waals surface area contributed by atoms with Crippen molar-refractivity contribution in [3.63, 3.8) is 0 Å². The van der Waals surface area contributed by atoms with Crippen LogP contribution in [-0.2, 0) is 17.1 Å². The molecule has 0 atom stereocenters. The number of nitrogens with zero attached hydrogens (tertiary/aromatic N) is 3. The number of sulfonamides is 1. The van der Waals surface area contributed by atoms with Crippen LogP contribution in [0.4, 0.5) is 0 Å². The van der Waals surface area contributed by atoms with Crippen molar-refractivity contribution >= 4 is 37.9 Å². The van der Waals surface area contributed by atoms with Gasteiger partial charge < -0.3 is 0 Å². The minimum Gasteiger partial charge on any atom is -0.260 e. The summed E-state index contributed by atoms with van der Waals surface area (Å²) >= 11 is 2.52. The number of fused-ring (bicyclic) bond motifs is 1. The highest BCUT2D eigenvalue weighted by Crippen LogP contribution is 2.38. The van der Waals surface area contributed by atoms with Crippen molar-refractivity contribution in [2.24, 2.45) is 11.4 Å². The van der Waals surface area contributed by atoms with E-state index in [1.165, 1.54) is 23.5 Å². The molecule has 0 fully saturated rings. The molecule has 0 spiro atoms. The van der Waals surface area contributed by atoms with Crippen LogP contribution in [0.25, 0.3) is 0 Å². The van der Waals surface area contributed by atoms with E-state index in [0.717, 1.165) is 0 Å². The third kappa shape index (κ3) is 2.22. The highest BCUT2D eigenvalue weighted by molar-refractivity contribution is 8.39. The first-order valence-corrected chi connectivity index (χ1v) is 7.82. The van der Waals surface area contributed by atoms with Crippen LogP contribution in [0.3, 0.4) is 0 Å². The van der Waals surface area contributed by atoms with E-state index in [9.17, 15) is 8.42 Å². The lowest BCUT2D eigenvalue weighted by Gasteiger charge is -2.11. The second kappa shape index (κ2) is 4.40. The van der Waals surface area contributed by atoms with Gasteiger partial charge in [0.15, 0.2) is 4.38 Å². The van der Waals surface area contributed by atoms with E-state index in [4.69, 9.17) is 6.42 Å². The molecule has 1 aromatic heterocycles. The molecule has 0 bridgehead atoms. The molecule has 0 unspecified atom stereocenters. The van der Waals surface area contributed by atoms with Gasteiger partial charge in [-0.2, -0.15) is 13.5 Å². The highest BCUT2D eigenvalue weighted by Gasteiger charge is 2.32. The normalized spacial score (nSPS) is 17.1. The number of terminal acetylenes is 1. The summed E-state index contributed by atoms with van der Waals surface area (Å²) in [5.74, 6) is 2.83. The van der Waals surface area contributed by atoms with Gasteiger partial charge in [0.2, 0.25) is 0 Å². The molecule has 0 N–H and O–H groups in total. The number of aromatic nitrogens is 2. The molecule has 1 aromatic rings. The van der Waals surface area contributed by atoms with Crippen molar-refractivity contribution in [3.05, 3.63) is 5.69 Å². The van der Waals surface area contributed by atoms with Crippen molar-refractivity contribution < 1.29 is 8.42 Å². The van der Waals surface area contributed by atoms with Crippen molar-refractivity contribution in [2.45, 2.75) is 16.8 Å². The summed E-state index contributed by atoms with van der Waals surface area (Å²) in [6, 6.07) is 0. The molecule has 8 heteroatoms. The molecule has 1 aliphatic heterocycles. The number of hydrogen-bond acceptors (Lipinski definition) is 5. The first-order chi connectivity index (χ1) is 7.95. The monoisotopic (exact) mass is 287 g/mol. The van der Waals surface area contributed by atoms with E-state index in [1.807, 2.05) is 0 Å². The lowest BCUT2D eigenvalue weighted by molar-refractivity contribution is 0.593. The largest absolute Gasteiger partial charge is 0.288 e. The SMILES string of the molecule is C#CCSC1=NS(=O)(=O)c2c(C)nn(C)c2S1. The fourth-order valence-electron chi connectivity index (χ4n) is 1.43. The zero-order valence-corrected chi connectivity index (χ0v) is 11.6. The molecule has 2 heterocycles. The summed E-state index contributed by atoms with van der Waals surface area (Å²) < 4.78 is 29.7. The third-order valence-corrected chi connectivity index (χ3v) is 6.00. The fourth-order valence-corrected chi connectivity index (χ4v) is 5.31. The van der Waals surface area contributed by atoms with E-state index in [0.29, 0.717) is 20.8 Å². The average molecular weight is 287 g/mol. The van der Waals surface area contributed by atoms with Crippen LogP contribution in [0.15, 0.2) is 14.3 Å². The predicted molar refractivity (Wildman–Crippen MR) is 69.7 cm³/mol. The van der Waals surface area contributed by atoms with Crippen molar-refractivity contribution in [2.75, 3.05) is 5.75 Å². The topological polar surface area (TPSA) is 64.3 Å². The fraction of sp³-hybridized carbons (Fsp3) is 0.333. The van der Waals surface area contributed by atoms with Crippen LogP contribution in [0.1, 0.15) is 5.69 Å². The molecule has 0 amide bonds. The number of hydrogen-bond donors (Lipinski definition) is 0. The lowest BCUT2D eigenvalue weighted by atomic mass is 10.5. The van der Waals surface area contributed by atoms with E-state index in [1.54, 1.807) is 18.7 Å². The Balaban J connectivity index is 2.49. The van der Waals surface area contributed by atoms with Gasteiger partial charge in [-0.3, -0.25) is 4.68 Å². The van der Waals surface area contributed by atoms with Crippen LogP contribution in [0.5, 0.6) is 0 Å². The van der Waals surface area contributed by atoms with Crippen LogP contribution in [0.2, 0.25) is 0 Å². The van der Waals surface area contributed by atoms with Gasteiger partial charge in [-0.15, -0.1) is 10.8 Å². The zero-order chi connectivity index (χ0) is 12.6. The Morgan fingerprint density at radius 1 is 1.59 bits per heavy atom. The van der Waals surface area contributed by atoms with Gasteiger partial charge in [-0.1, -0.05) is 17.7 Å². The molecule has 0 aliphatic carbocycles. The predicted octanol–water partition coefficient (Wildman–Crippen LogP) is 1.25. The van der Waals surface area contributed by atoms with Gasteiger partial charge in [0.1, 0.15) is 9.92 Å². The number of thioether (sulfide) groups is 2. The Hall–Kier alpha value is -0.910. The number of aryl methyl sites for hydroxylation is 2. The zero-order valence-electron chi connectivity index (χ0n) is 9.17. The standard InChI is InChI=1S/C9H9N3O2S3/c1-4-5-15-9-11-17(13,14)7-6(2)10-12(3)8(7)16-9/h1H,5H2,2-3H3. The molecule has 2 rings (SSSR count). The van der Waals surface area contributed by atoms with Crippen molar-refractivity contribution in [1.29, 1.82) is 0 Å². The first kappa shape index (κ1) is 12.5. The molecule has 90 valence electrons. The average Bonchev–Trinajstić information content (AvgIpc) is 2.51. The third-order valence-electron chi connectivity index (χ3n) is 2.03. The molecule has 0 saturated heterocycles. The van der Waals surface area contributed by atoms with Gasteiger partial charge in [-0.25, -0.2) is 0 Å². The summed E-state index contributed by atoms with van der Waals surface area (Å²) in [4.78, 5) is 0.204. The molecule has 0 radical (unpaired) electrons. The van der Waals surface area contributed by atoms with E-state index >= 15 is 0 Å².